The molecule has 5 nitrogen and oxygen atoms in total. The molecule has 140 valence electrons. The van der Waals surface area contributed by atoms with Gasteiger partial charge in [0.15, 0.2) is 0 Å². The summed E-state index contributed by atoms with van der Waals surface area (Å²) in [6, 6.07) is 15.1. The maximum Gasteiger partial charge on any atom is 0.240 e. The largest absolute Gasteiger partial charge is 0.354 e. The molecule has 0 saturated carbocycles. The Bertz CT molecular complexity index is 870. The van der Waals surface area contributed by atoms with E-state index in [4.69, 9.17) is 0 Å². The molecule has 2 aromatic carbocycles. The lowest BCUT2D eigenvalue weighted by Gasteiger charge is -2.23. The Morgan fingerprint density at radius 2 is 1.85 bits per heavy atom. The lowest BCUT2D eigenvalue weighted by atomic mass is 10.0. The number of sulfonamides is 1. The monoisotopic (exact) mass is 438 g/mol. The van der Waals surface area contributed by atoms with Gasteiger partial charge in [-0.05, 0) is 42.2 Å². The highest BCUT2D eigenvalue weighted by atomic mass is 79.9. The van der Waals surface area contributed by atoms with Gasteiger partial charge in [0.05, 0.1) is 11.9 Å². The van der Waals surface area contributed by atoms with E-state index < -0.39 is 10.0 Å². The first kappa shape index (κ1) is 20.5. The zero-order valence-electron chi connectivity index (χ0n) is 15.1. The number of hydrogen-bond acceptors (Lipinski definition) is 3. The number of carbonyl (C=O) groups is 1. The molecule has 7 heteroatoms. The van der Waals surface area contributed by atoms with E-state index in [1.165, 1.54) is 0 Å². The SMILES string of the molecule is Cc1cc(N(CC(=O)NC[C@@H](C)c2ccccc2)S(C)(=O)=O)ccc1Br. The van der Waals surface area contributed by atoms with Gasteiger partial charge in [-0.25, -0.2) is 8.42 Å². The van der Waals surface area contributed by atoms with Crippen LogP contribution in [0, 0.1) is 6.92 Å². The van der Waals surface area contributed by atoms with Crippen LogP contribution in [0.15, 0.2) is 53.0 Å². The second-order valence-corrected chi connectivity index (χ2v) is 9.08. The topological polar surface area (TPSA) is 66.5 Å². The van der Waals surface area contributed by atoms with Crippen LogP contribution in [0.25, 0.3) is 0 Å². The number of amides is 1. The fraction of sp³-hybridized carbons (Fsp3) is 0.316. The standard InChI is InChI=1S/C19H23BrN2O3S/c1-14-11-17(9-10-18(14)20)22(26(3,24)25)13-19(23)21-12-15(2)16-7-5-4-6-8-16/h4-11,15H,12-13H2,1-3H3,(H,21,23)/t15-/m1/s1. The van der Waals surface area contributed by atoms with Crippen molar-refractivity contribution in [1.82, 2.24) is 5.32 Å². The number of halogens is 1. The fourth-order valence-electron chi connectivity index (χ4n) is 2.54. The number of nitrogens with zero attached hydrogens (tertiary/aromatic N) is 1. The van der Waals surface area contributed by atoms with Crippen LogP contribution in [0.4, 0.5) is 5.69 Å². The Balaban J connectivity index is 2.06. The van der Waals surface area contributed by atoms with Crippen molar-refractivity contribution in [3.05, 3.63) is 64.1 Å². The van der Waals surface area contributed by atoms with Gasteiger partial charge in [-0.15, -0.1) is 0 Å². The van der Waals surface area contributed by atoms with E-state index in [1.54, 1.807) is 18.2 Å². The summed E-state index contributed by atoms with van der Waals surface area (Å²) in [6.07, 6.45) is 1.10. The van der Waals surface area contributed by atoms with E-state index >= 15 is 0 Å². The van der Waals surface area contributed by atoms with Crippen LogP contribution >= 0.6 is 15.9 Å². The first-order chi connectivity index (χ1) is 12.2. The van der Waals surface area contributed by atoms with Crippen LogP contribution in [0.3, 0.4) is 0 Å². The van der Waals surface area contributed by atoms with Crippen molar-refractivity contribution < 1.29 is 13.2 Å². The van der Waals surface area contributed by atoms with Gasteiger partial charge in [0.1, 0.15) is 6.54 Å². The van der Waals surface area contributed by atoms with Gasteiger partial charge < -0.3 is 5.32 Å². The summed E-state index contributed by atoms with van der Waals surface area (Å²) in [5.41, 5.74) is 2.49. The Morgan fingerprint density at radius 1 is 1.19 bits per heavy atom. The maximum absolute atomic E-state index is 12.3. The van der Waals surface area contributed by atoms with Crippen LogP contribution in [0.5, 0.6) is 0 Å². The minimum absolute atomic E-state index is 0.141. The van der Waals surface area contributed by atoms with Crippen LogP contribution in [0.2, 0.25) is 0 Å². The van der Waals surface area contributed by atoms with Gasteiger partial charge in [-0.3, -0.25) is 9.10 Å². The number of anilines is 1. The number of hydrogen-bond donors (Lipinski definition) is 1. The van der Waals surface area contributed by atoms with Crippen LogP contribution in [-0.2, 0) is 14.8 Å². The molecule has 1 atom stereocenters. The third-order valence-electron chi connectivity index (χ3n) is 4.09. The minimum atomic E-state index is -3.58. The third-order valence-corrected chi connectivity index (χ3v) is 6.12. The minimum Gasteiger partial charge on any atom is -0.354 e. The maximum atomic E-state index is 12.3. The molecule has 2 aromatic rings. The first-order valence-corrected chi connectivity index (χ1v) is 10.9. The molecule has 0 spiro atoms. The van der Waals surface area contributed by atoms with E-state index in [0.717, 1.165) is 26.2 Å². The highest BCUT2D eigenvalue weighted by molar-refractivity contribution is 9.10. The van der Waals surface area contributed by atoms with Gasteiger partial charge in [-0.2, -0.15) is 0 Å². The molecular formula is C19H23BrN2O3S. The van der Waals surface area contributed by atoms with Crippen molar-refractivity contribution in [3.63, 3.8) is 0 Å². The van der Waals surface area contributed by atoms with Gasteiger partial charge in [0, 0.05) is 11.0 Å². The predicted molar refractivity (Wildman–Crippen MR) is 109 cm³/mol. The van der Waals surface area contributed by atoms with Crippen LogP contribution in [-0.4, -0.2) is 33.7 Å². The number of nitrogens with one attached hydrogen (secondary N) is 1. The zero-order chi connectivity index (χ0) is 19.3. The quantitative estimate of drug-likeness (QED) is 0.719. The zero-order valence-corrected chi connectivity index (χ0v) is 17.5. The summed E-state index contributed by atoms with van der Waals surface area (Å²) in [4.78, 5) is 12.3. The summed E-state index contributed by atoms with van der Waals surface area (Å²) >= 11 is 3.40. The molecule has 0 aliphatic heterocycles. The molecule has 2 rings (SSSR count). The van der Waals surface area contributed by atoms with Crippen molar-refractivity contribution in [3.8, 4) is 0 Å². The molecule has 0 aliphatic rings. The Kier molecular flexibility index (Phi) is 6.83. The Hall–Kier alpha value is -1.86. The van der Waals surface area contributed by atoms with Crippen molar-refractivity contribution in [2.24, 2.45) is 0 Å². The van der Waals surface area contributed by atoms with Gasteiger partial charge in [0.25, 0.3) is 0 Å². The number of aryl methyl sites for hydroxylation is 1. The fourth-order valence-corrected chi connectivity index (χ4v) is 3.63. The predicted octanol–water partition coefficient (Wildman–Crippen LogP) is 3.44. The summed E-state index contributed by atoms with van der Waals surface area (Å²) < 4.78 is 26.3. The van der Waals surface area contributed by atoms with E-state index in [-0.39, 0.29) is 18.4 Å². The molecule has 0 aromatic heterocycles. The van der Waals surface area contributed by atoms with Crippen LogP contribution < -0.4 is 9.62 Å². The average Bonchev–Trinajstić information content (AvgIpc) is 2.60. The van der Waals surface area contributed by atoms with E-state index in [1.807, 2.05) is 44.2 Å². The Morgan fingerprint density at radius 3 is 2.42 bits per heavy atom. The molecule has 0 bridgehead atoms. The number of carbonyl (C=O) groups excluding carboxylic acids is 1. The van der Waals surface area contributed by atoms with E-state index in [9.17, 15) is 13.2 Å². The highest BCUT2D eigenvalue weighted by Gasteiger charge is 2.21. The molecule has 0 aliphatic carbocycles. The molecule has 1 amide bonds. The van der Waals surface area contributed by atoms with Crippen molar-refractivity contribution >= 4 is 37.5 Å². The molecule has 0 fully saturated rings. The summed E-state index contributed by atoms with van der Waals surface area (Å²) in [5, 5.41) is 2.82. The lowest BCUT2D eigenvalue weighted by Crippen LogP contribution is -2.41. The third kappa shape index (κ3) is 5.57. The second kappa shape index (κ2) is 8.68. The Labute approximate surface area is 163 Å². The van der Waals surface area contributed by atoms with Crippen LogP contribution in [0.1, 0.15) is 24.0 Å². The molecule has 0 unspecified atom stereocenters. The highest BCUT2D eigenvalue weighted by Crippen LogP contribution is 2.24. The lowest BCUT2D eigenvalue weighted by molar-refractivity contribution is -0.119. The van der Waals surface area contributed by atoms with Crippen molar-refractivity contribution in [2.75, 3.05) is 23.7 Å². The molecule has 26 heavy (non-hydrogen) atoms. The number of benzene rings is 2. The van der Waals surface area contributed by atoms with Gasteiger partial charge in [0.2, 0.25) is 15.9 Å². The summed E-state index contributed by atoms with van der Waals surface area (Å²) in [6.45, 7) is 4.08. The smallest absolute Gasteiger partial charge is 0.240 e. The molecule has 0 radical (unpaired) electrons. The average molecular weight is 439 g/mol. The van der Waals surface area contributed by atoms with Crippen molar-refractivity contribution in [2.45, 2.75) is 19.8 Å². The van der Waals surface area contributed by atoms with Gasteiger partial charge in [-0.1, -0.05) is 53.2 Å². The van der Waals surface area contributed by atoms with E-state index in [0.29, 0.717) is 12.2 Å². The summed E-state index contributed by atoms with van der Waals surface area (Å²) in [5.74, 6) is -0.194. The first-order valence-electron chi connectivity index (χ1n) is 8.24. The molecule has 1 N–H and O–H groups in total. The van der Waals surface area contributed by atoms with E-state index in [2.05, 4.69) is 21.2 Å². The number of rotatable bonds is 7. The normalized spacial score (nSPS) is 12.5. The molecule has 0 heterocycles. The summed E-state index contributed by atoms with van der Waals surface area (Å²) in [7, 11) is -3.58. The second-order valence-electron chi connectivity index (χ2n) is 6.32. The molecule has 0 saturated heterocycles. The van der Waals surface area contributed by atoms with Gasteiger partial charge >= 0.3 is 0 Å². The van der Waals surface area contributed by atoms with Crippen molar-refractivity contribution in [1.29, 1.82) is 0 Å². The molecular weight excluding hydrogens is 416 g/mol.